The highest BCUT2D eigenvalue weighted by Gasteiger charge is 2.26. The number of nitrogens with one attached hydrogen (secondary N) is 1. The summed E-state index contributed by atoms with van der Waals surface area (Å²) in [4.78, 5) is 22.2. The molecule has 1 saturated heterocycles. The molecule has 3 rings (SSSR count). The molecule has 7 heteroatoms. The number of hydrogen-bond donors (Lipinski definition) is 2. The summed E-state index contributed by atoms with van der Waals surface area (Å²) in [7, 11) is 0. The van der Waals surface area contributed by atoms with Crippen molar-refractivity contribution >= 4 is 22.9 Å². The highest BCUT2D eigenvalue weighted by molar-refractivity contribution is 6.00. The zero-order valence-electron chi connectivity index (χ0n) is 9.33. The number of fused-ring (bicyclic) bond motifs is 1. The zero-order chi connectivity index (χ0) is 12.7. The first-order chi connectivity index (χ1) is 8.66. The van der Waals surface area contributed by atoms with Crippen LogP contribution in [0.3, 0.4) is 0 Å². The molecule has 0 radical (unpaired) electrons. The van der Waals surface area contributed by atoms with Gasteiger partial charge >= 0.3 is 5.97 Å². The highest BCUT2D eigenvalue weighted by atomic mass is 16.4. The Hall–Kier alpha value is -2.44. The molecule has 2 heterocycles. The van der Waals surface area contributed by atoms with Crippen molar-refractivity contribution in [1.82, 2.24) is 20.3 Å². The first kappa shape index (κ1) is 10.7. The van der Waals surface area contributed by atoms with Crippen LogP contribution in [0.5, 0.6) is 0 Å². The Kier molecular flexibility index (Phi) is 2.26. The molecule has 0 bridgehead atoms. The van der Waals surface area contributed by atoms with Crippen LogP contribution in [0, 0.1) is 0 Å². The third-order valence-electron chi connectivity index (χ3n) is 3.03. The van der Waals surface area contributed by atoms with Crippen molar-refractivity contribution in [2.75, 3.05) is 6.54 Å². The Morgan fingerprint density at radius 3 is 3.00 bits per heavy atom. The molecule has 18 heavy (non-hydrogen) atoms. The number of nitrogens with zero attached hydrogens (tertiary/aromatic N) is 3. The van der Waals surface area contributed by atoms with E-state index in [-0.39, 0.29) is 17.5 Å². The Morgan fingerprint density at radius 1 is 1.50 bits per heavy atom. The molecule has 1 aliphatic rings. The largest absolute Gasteiger partial charge is 0.478 e. The van der Waals surface area contributed by atoms with Gasteiger partial charge in [-0.05, 0) is 12.1 Å². The minimum atomic E-state index is -1.03. The van der Waals surface area contributed by atoms with E-state index in [9.17, 15) is 9.59 Å². The molecule has 1 fully saturated rings. The van der Waals surface area contributed by atoms with Crippen molar-refractivity contribution in [3.63, 3.8) is 0 Å². The monoisotopic (exact) mass is 246 g/mol. The zero-order valence-corrected chi connectivity index (χ0v) is 9.33. The van der Waals surface area contributed by atoms with E-state index >= 15 is 0 Å². The lowest BCUT2D eigenvalue weighted by molar-refractivity contribution is -0.119. The summed E-state index contributed by atoms with van der Waals surface area (Å²) in [5.41, 5.74) is 1.11. The van der Waals surface area contributed by atoms with Crippen LogP contribution in [-0.2, 0) is 4.79 Å². The summed E-state index contributed by atoms with van der Waals surface area (Å²) in [5.74, 6) is -1.06. The fourth-order valence-corrected chi connectivity index (χ4v) is 2.17. The van der Waals surface area contributed by atoms with Crippen LogP contribution >= 0.6 is 0 Å². The van der Waals surface area contributed by atoms with Gasteiger partial charge in [0.1, 0.15) is 5.52 Å². The molecule has 92 valence electrons. The SMILES string of the molecule is O=C1CC(n2nnc3c(C(=O)O)cccc32)CN1. The van der Waals surface area contributed by atoms with Gasteiger partial charge < -0.3 is 10.4 Å². The van der Waals surface area contributed by atoms with Gasteiger partial charge in [0.05, 0.1) is 23.5 Å². The summed E-state index contributed by atoms with van der Waals surface area (Å²) in [6.45, 7) is 0.495. The minimum Gasteiger partial charge on any atom is -0.478 e. The van der Waals surface area contributed by atoms with Gasteiger partial charge in [0.15, 0.2) is 0 Å². The number of amides is 1. The second-order valence-corrected chi connectivity index (χ2v) is 4.17. The van der Waals surface area contributed by atoms with Crippen molar-refractivity contribution in [2.24, 2.45) is 0 Å². The van der Waals surface area contributed by atoms with Crippen LogP contribution in [0.15, 0.2) is 18.2 Å². The van der Waals surface area contributed by atoms with Gasteiger partial charge in [-0.1, -0.05) is 11.3 Å². The summed E-state index contributed by atoms with van der Waals surface area (Å²) in [5, 5.41) is 19.6. The second kappa shape index (κ2) is 3.80. The van der Waals surface area contributed by atoms with E-state index in [4.69, 9.17) is 5.11 Å². The molecule has 0 saturated carbocycles. The van der Waals surface area contributed by atoms with Gasteiger partial charge in [-0.25, -0.2) is 9.48 Å². The van der Waals surface area contributed by atoms with Crippen molar-refractivity contribution < 1.29 is 14.7 Å². The molecular formula is C11H10N4O3. The van der Waals surface area contributed by atoms with Gasteiger partial charge in [-0.3, -0.25) is 4.79 Å². The molecule has 1 aromatic carbocycles. The Morgan fingerprint density at radius 2 is 2.33 bits per heavy atom. The van der Waals surface area contributed by atoms with E-state index in [0.717, 1.165) is 0 Å². The normalized spacial score (nSPS) is 19.1. The van der Waals surface area contributed by atoms with Gasteiger partial charge in [-0.2, -0.15) is 0 Å². The molecule has 1 atom stereocenters. The molecule has 7 nitrogen and oxygen atoms in total. The van der Waals surface area contributed by atoms with E-state index in [2.05, 4.69) is 15.6 Å². The van der Waals surface area contributed by atoms with Gasteiger partial charge in [-0.15, -0.1) is 5.10 Å². The third-order valence-corrected chi connectivity index (χ3v) is 3.03. The average molecular weight is 246 g/mol. The number of rotatable bonds is 2. The van der Waals surface area contributed by atoms with Crippen molar-refractivity contribution in [2.45, 2.75) is 12.5 Å². The Balaban J connectivity index is 2.12. The lowest BCUT2D eigenvalue weighted by Gasteiger charge is -2.07. The molecule has 2 N–H and O–H groups in total. The number of carbonyl (C=O) groups excluding carboxylic acids is 1. The average Bonchev–Trinajstić information content (AvgIpc) is 2.93. The smallest absolute Gasteiger partial charge is 0.338 e. The van der Waals surface area contributed by atoms with Crippen LogP contribution in [0.25, 0.3) is 11.0 Å². The van der Waals surface area contributed by atoms with E-state index < -0.39 is 5.97 Å². The van der Waals surface area contributed by atoms with Crippen molar-refractivity contribution in [1.29, 1.82) is 0 Å². The molecule has 1 aromatic heterocycles. The van der Waals surface area contributed by atoms with Crippen LogP contribution in [-0.4, -0.2) is 38.5 Å². The molecule has 0 spiro atoms. The Labute approximate surface area is 101 Å². The van der Waals surface area contributed by atoms with Crippen molar-refractivity contribution in [3.05, 3.63) is 23.8 Å². The standard InChI is InChI=1S/C11H10N4O3/c16-9-4-6(5-12-9)15-8-3-1-2-7(11(17)18)10(8)13-14-15/h1-3,6H,4-5H2,(H,12,16)(H,17,18). The van der Waals surface area contributed by atoms with Gasteiger partial charge in [0.25, 0.3) is 0 Å². The maximum atomic E-state index is 11.2. The summed E-state index contributed by atoms with van der Waals surface area (Å²) in [6.07, 6.45) is 0.343. The summed E-state index contributed by atoms with van der Waals surface area (Å²) < 4.78 is 1.61. The number of aromatic nitrogens is 3. The van der Waals surface area contributed by atoms with E-state index in [1.807, 2.05) is 0 Å². The molecule has 1 unspecified atom stereocenters. The minimum absolute atomic E-state index is 0.0296. The number of aromatic carboxylic acids is 1. The summed E-state index contributed by atoms with van der Waals surface area (Å²) >= 11 is 0. The summed E-state index contributed by atoms with van der Waals surface area (Å²) in [6, 6.07) is 4.79. The van der Waals surface area contributed by atoms with Crippen LogP contribution < -0.4 is 5.32 Å². The maximum absolute atomic E-state index is 11.2. The lowest BCUT2D eigenvalue weighted by Crippen LogP contribution is -2.16. The van der Waals surface area contributed by atoms with Crippen LogP contribution in [0.1, 0.15) is 22.8 Å². The molecular weight excluding hydrogens is 236 g/mol. The predicted octanol–water partition coefficient (Wildman–Crippen LogP) is 0.191. The van der Waals surface area contributed by atoms with Crippen molar-refractivity contribution in [3.8, 4) is 0 Å². The number of carbonyl (C=O) groups is 2. The lowest BCUT2D eigenvalue weighted by atomic mass is 10.1. The van der Waals surface area contributed by atoms with Crippen LogP contribution in [0.2, 0.25) is 0 Å². The predicted molar refractivity (Wildman–Crippen MR) is 61.2 cm³/mol. The van der Waals surface area contributed by atoms with Gasteiger partial charge in [0.2, 0.25) is 5.91 Å². The van der Waals surface area contributed by atoms with E-state index in [1.54, 1.807) is 16.8 Å². The molecule has 1 aliphatic heterocycles. The molecule has 1 amide bonds. The second-order valence-electron chi connectivity index (χ2n) is 4.17. The topological polar surface area (TPSA) is 97.1 Å². The highest BCUT2D eigenvalue weighted by Crippen LogP contribution is 2.22. The van der Waals surface area contributed by atoms with Gasteiger partial charge in [0, 0.05) is 6.54 Å². The fourth-order valence-electron chi connectivity index (χ4n) is 2.17. The first-order valence-electron chi connectivity index (χ1n) is 5.50. The maximum Gasteiger partial charge on any atom is 0.338 e. The molecule has 0 aliphatic carbocycles. The van der Waals surface area contributed by atoms with Crippen LogP contribution in [0.4, 0.5) is 0 Å². The molecule has 2 aromatic rings. The van der Waals surface area contributed by atoms with E-state index in [1.165, 1.54) is 6.07 Å². The van der Waals surface area contributed by atoms with E-state index in [0.29, 0.717) is 24.0 Å². The quantitative estimate of drug-likeness (QED) is 0.788. The third kappa shape index (κ3) is 1.52. The number of benzene rings is 1. The fraction of sp³-hybridized carbons (Fsp3) is 0.273. The number of carboxylic acids is 1. The number of hydrogen-bond acceptors (Lipinski definition) is 4. The first-order valence-corrected chi connectivity index (χ1v) is 5.50. The Bertz CT molecular complexity index is 649. The number of carboxylic acid groups (broad SMARTS) is 1.